The smallest absolute Gasteiger partial charge is 0.308 e. The number of hydrogen-bond donors (Lipinski definition) is 1. The van der Waals surface area contributed by atoms with Crippen molar-refractivity contribution in [3.05, 3.63) is 52.0 Å². The summed E-state index contributed by atoms with van der Waals surface area (Å²) in [7, 11) is 0. The molecule has 1 amide bonds. The molecule has 2 aromatic carbocycles. The summed E-state index contributed by atoms with van der Waals surface area (Å²) >= 11 is 12.1. The van der Waals surface area contributed by atoms with Crippen molar-refractivity contribution in [3.8, 4) is 11.5 Å². The van der Waals surface area contributed by atoms with Gasteiger partial charge in [-0.3, -0.25) is 14.4 Å². The van der Waals surface area contributed by atoms with Gasteiger partial charge in [-0.15, -0.1) is 0 Å². The molecule has 0 aliphatic carbocycles. The second-order valence-corrected chi connectivity index (χ2v) is 5.72. The van der Waals surface area contributed by atoms with Crippen molar-refractivity contribution in [3.63, 3.8) is 0 Å². The van der Waals surface area contributed by atoms with E-state index in [1.807, 2.05) is 0 Å². The van der Waals surface area contributed by atoms with Crippen LogP contribution in [0.5, 0.6) is 11.5 Å². The normalized spacial score (nSPS) is 10.1. The van der Waals surface area contributed by atoms with E-state index in [0.29, 0.717) is 0 Å². The summed E-state index contributed by atoms with van der Waals surface area (Å²) in [5, 5.41) is 2.72. The predicted molar refractivity (Wildman–Crippen MR) is 93.5 cm³/mol. The van der Waals surface area contributed by atoms with Crippen molar-refractivity contribution >= 4 is 46.7 Å². The van der Waals surface area contributed by atoms with Crippen molar-refractivity contribution in [1.29, 1.82) is 0 Å². The number of anilines is 1. The predicted octanol–water partition coefficient (Wildman–Crippen LogP) is 4.10. The zero-order valence-corrected chi connectivity index (χ0v) is 14.8. The van der Waals surface area contributed by atoms with Crippen molar-refractivity contribution in [1.82, 2.24) is 0 Å². The third kappa shape index (κ3) is 4.95. The van der Waals surface area contributed by atoms with Crippen molar-refractivity contribution < 1.29 is 23.9 Å². The molecule has 0 unspecified atom stereocenters. The molecule has 0 spiro atoms. The molecule has 0 saturated heterocycles. The summed E-state index contributed by atoms with van der Waals surface area (Å²) in [6.07, 6.45) is 0. The zero-order chi connectivity index (χ0) is 18.6. The lowest BCUT2D eigenvalue weighted by Gasteiger charge is -2.12. The SMILES string of the molecule is CC(=O)Oc1ccccc1C(=O)Nc1cc(Cl)c(OC(C)=O)c(Cl)c1. The number of benzene rings is 2. The molecule has 1 N–H and O–H groups in total. The zero-order valence-electron chi connectivity index (χ0n) is 13.3. The van der Waals surface area contributed by atoms with Crippen LogP contribution in [0.2, 0.25) is 10.0 Å². The minimum atomic E-state index is -0.573. The summed E-state index contributed by atoms with van der Waals surface area (Å²) in [4.78, 5) is 34.6. The minimum Gasteiger partial charge on any atom is -0.426 e. The van der Waals surface area contributed by atoms with E-state index in [1.165, 1.54) is 38.1 Å². The number of carbonyl (C=O) groups excluding carboxylic acids is 3. The highest BCUT2D eigenvalue weighted by atomic mass is 35.5. The van der Waals surface area contributed by atoms with E-state index in [9.17, 15) is 14.4 Å². The van der Waals surface area contributed by atoms with Gasteiger partial charge < -0.3 is 14.8 Å². The van der Waals surface area contributed by atoms with Crippen LogP contribution >= 0.6 is 23.2 Å². The molecule has 130 valence electrons. The highest BCUT2D eigenvalue weighted by Crippen LogP contribution is 2.36. The molecule has 0 aliphatic heterocycles. The average Bonchev–Trinajstić information content (AvgIpc) is 2.50. The lowest BCUT2D eigenvalue weighted by Crippen LogP contribution is -2.15. The lowest BCUT2D eigenvalue weighted by molar-refractivity contribution is -0.132. The standard InChI is InChI=1S/C17H13Cl2NO5/c1-9(21)24-15-6-4-3-5-12(15)17(23)20-11-7-13(18)16(14(19)8-11)25-10(2)22/h3-8H,1-2H3,(H,20,23). The number of esters is 2. The van der Waals surface area contributed by atoms with Crippen LogP contribution < -0.4 is 14.8 Å². The van der Waals surface area contributed by atoms with Crippen LogP contribution in [-0.2, 0) is 9.59 Å². The maximum Gasteiger partial charge on any atom is 0.308 e. The molecule has 0 aromatic heterocycles. The average molecular weight is 382 g/mol. The minimum absolute atomic E-state index is 0.00847. The number of amides is 1. The van der Waals surface area contributed by atoms with E-state index >= 15 is 0 Å². The molecular weight excluding hydrogens is 369 g/mol. The fourth-order valence-corrected chi connectivity index (χ4v) is 2.53. The van der Waals surface area contributed by atoms with E-state index < -0.39 is 17.8 Å². The molecule has 0 fully saturated rings. The summed E-state index contributed by atoms with van der Waals surface area (Å²) in [6.45, 7) is 2.45. The summed E-state index contributed by atoms with van der Waals surface area (Å²) in [6, 6.07) is 9.04. The van der Waals surface area contributed by atoms with Gasteiger partial charge >= 0.3 is 11.9 Å². The first kappa shape index (κ1) is 18.8. The van der Waals surface area contributed by atoms with Crippen molar-refractivity contribution in [2.75, 3.05) is 5.32 Å². The number of nitrogens with one attached hydrogen (secondary N) is 1. The van der Waals surface area contributed by atoms with Gasteiger partial charge in [0.1, 0.15) is 5.75 Å². The first-order valence-electron chi connectivity index (χ1n) is 7.04. The Balaban J connectivity index is 2.27. The van der Waals surface area contributed by atoms with Gasteiger partial charge in [-0.05, 0) is 24.3 Å². The van der Waals surface area contributed by atoms with E-state index in [0.717, 1.165) is 0 Å². The van der Waals surface area contributed by atoms with Gasteiger partial charge in [-0.1, -0.05) is 35.3 Å². The van der Waals surface area contributed by atoms with Gasteiger partial charge in [0.15, 0.2) is 5.75 Å². The summed E-state index contributed by atoms with van der Waals surface area (Å²) in [5.41, 5.74) is 0.447. The Morgan fingerprint density at radius 2 is 1.48 bits per heavy atom. The van der Waals surface area contributed by atoms with Crippen molar-refractivity contribution in [2.45, 2.75) is 13.8 Å². The Kier molecular flexibility index (Phi) is 6.01. The molecule has 0 aliphatic rings. The molecule has 0 heterocycles. The largest absolute Gasteiger partial charge is 0.426 e. The second kappa shape index (κ2) is 8.00. The van der Waals surface area contributed by atoms with Gasteiger partial charge in [0.25, 0.3) is 5.91 Å². The monoisotopic (exact) mass is 381 g/mol. The fourth-order valence-electron chi connectivity index (χ4n) is 1.97. The first-order valence-corrected chi connectivity index (χ1v) is 7.79. The molecule has 25 heavy (non-hydrogen) atoms. The van der Waals surface area contributed by atoms with E-state index in [1.54, 1.807) is 12.1 Å². The Morgan fingerprint density at radius 1 is 0.920 bits per heavy atom. The van der Waals surface area contributed by atoms with E-state index in [-0.39, 0.29) is 32.8 Å². The van der Waals surface area contributed by atoms with Gasteiger partial charge in [0.05, 0.1) is 15.6 Å². The number of para-hydroxylation sites is 1. The van der Waals surface area contributed by atoms with Crippen LogP contribution in [0.3, 0.4) is 0 Å². The van der Waals surface area contributed by atoms with Crippen LogP contribution in [0.25, 0.3) is 0 Å². The maximum atomic E-state index is 12.4. The fraction of sp³-hybridized carbons (Fsp3) is 0.118. The van der Waals surface area contributed by atoms with Crippen LogP contribution in [0.15, 0.2) is 36.4 Å². The first-order chi connectivity index (χ1) is 11.8. The third-order valence-corrected chi connectivity index (χ3v) is 3.45. The van der Waals surface area contributed by atoms with E-state index in [4.69, 9.17) is 32.7 Å². The van der Waals surface area contributed by atoms with Crippen LogP contribution in [0.4, 0.5) is 5.69 Å². The second-order valence-electron chi connectivity index (χ2n) is 4.91. The highest BCUT2D eigenvalue weighted by Gasteiger charge is 2.16. The van der Waals surface area contributed by atoms with Gasteiger partial charge in [-0.25, -0.2) is 0 Å². The Hall–Kier alpha value is -2.57. The topological polar surface area (TPSA) is 81.7 Å². The molecular formula is C17H13Cl2NO5. The molecule has 2 rings (SSSR count). The Morgan fingerprint density at radius 3 is 2.04 bits per heavy atom. The van der Waals surface area contributed by atoms with E-state index in [2.05, 4.69) is 5.32 Å². The molecule has 0 saturated carbocycles. The van der Waals surface area contributed by atoms with Crippen LogP contribution in [-0.4, -0.2) is 17.8 Å². The summed E-state index contributed by atoms with van der Waals surface area (Å²) < 4.78 is 9.92. The Bertz CT molecular complexity index is 828. The summed E-state index contributed by atoms with van der Waals surface area (Å²) in [5.74, 6) is -1.51. The number of halogens is 2. The number of carbonyl (C=O) groups is 3. The molecule has 2 aromatic rings. The number of hydrogen-bond acceptors (Lipinski definition) is 5. The highest BCUT2D eigenvalue weighted by molar-refractivity contribution is 6.38. The third-order valence-electron chi connectivity index (χ3n) is 2.89. The molecule has 6 nitrogen and oxygen atoms in total. The molecule has 0 bridgehead atoms. The quantitative estimate of drug-likeness (QED) is 0.636. The maximum absolute atomic E-state index is 12.4. The number of rotatable bonds is 4. The van der Waals surface area contributed by atoms with Gasteiger partial charge in [0.2, 0.25) is 0 Å². The van der Waals surface area contributed by atoms with Crippen molar-refractivity contribution in [2.24, 2.45) is 0 Å². The van der Waals surface area contributed by atoms with Gasteiger partial charge in [-0.2, -0.15) is 0 Å². The molecule has 8 heteroatoms. The molecule has 0 radical (unpaired) electrons. The molecule has 0 atom stereocenters. The van der Waals surface area contributed by atoms with Crippen LogP contribution in [0, 0.1) is 0 Å². The van der Waals surface area contributed by atoms with Gasteiger partial charge in [0, 0.05) is 19.5 Å². The Labute approximate surface area is 153 Å². The lowest BCUT2D eigenvalue weighted by atomic mass is 10.2. The van der Waals surface area contributed by atoms with Crippen LogP contribution in [0.1, 0.15) is 24.2 Å². The number of ether oxygens (including phenoxy) is 2.